The van der Waals surface area contributed by atoms with Gasteiger partial charge in [-0.1, -0.05) is 36.4 Å². The Morgan fingerprint density at radius 1 is 0.480 bits per heavy atom. The van der Waals surface area contributed by atoms with Crippen molar-refractivity contribution in [1.29, 1.82) is 0 Å². The molecule has 0 amide bonds. The average Bonchev–Trinajstić information content (AvgIpc) is 2.56. The minimum absolute atomic E-state index is 0. The van der Waals surface area contributed by atoms with E-state index in [1.54, 1.807) is 87.1 Å². The number of para-hydroxylation sites is 2. The van der Waals surface area contributed by atoms with E-state index in [0.29, 0.717) is 11.5 Å². The van der Waals surface area contributed by atoms with E-state index in [-0.39, 0.29) is 11.0 Å². The summed E-state index contributed by atoms with van der Waals surface area (Å²) in [7, 11) is 0. The number of hydrogen-bond acceptors (Lipinski definition) is 2. The van der Waals surface area contributed by atoms with E-state index < -0.39 is 0 Å². The average molecular weight is 357 g/mol. The maximum absolute atomic E-state index is 8.63. The Hall–Kier alpha value is -1.74. The van der Waals surface area contributed by atoms with E-state index in [1.165, 1.54) is 23.7 Å². The molecule has 2 nitrogen and oxygen atoms in total. The first-order valence-electron chi connectivity index (χ1n) is 9.17. The fourth-order valence-electron chi connectivity index (χ4n) is 4.84. The molecule has 6 rings (SSSR count). The van der Waals surface area contributed by atoms with Gasteiger partial charge in [0.05, 0.1) is 0 Å². The molecule has 0 aliphatic heterocycles. The molecule has 0 aromatic heterocycles. The van der Waals surface area contributed by atoms with Gasteiger partial charge in [0.2, 0.25) is 0 Å². The standard InChI is InChI=1S/C10H16.2C6H6O.H4Si/c1-7-2-9-4-8(1)5-10(3-7)6-9;2*7-6-4-2-1-3-5-6;/h7-10H,1-6H2;2*1-5,7H;1H4. The summed E-state index contributed by atoms with van der Waals surface area (Å²) < 4.78 is 0. The summed E-state index contributed by atoms with van der Waals surface area (Å²) in [5, 5.41) is 17.3. The molecule has 0 atom stereocenters. The molecular weight excluding hydrogens is 324 g/mol. The molecule has 0 saturated heterocycles. The summed E-state index contributed by atoms with van der Waals surface area (Å²) in [5.74, 6) is 5.35. The molecular formula is C22H32O2Si. The molecule has 2 aromatic carbocycles. The molecule has 3 heteroatoms. The van der Waals surface area contributed by atoms with Crippen LogP contribution >= 0.6 is 0 Å². The maximum atomic E-state index is 8.63. The van der Waals surface area contributed by atoms with Crippen molar-refractivity contribution in [2.45, 2.75) is 38.5 Å². The van der Waals surface area contributed by atoms with Gasteiger partial charge in [0.25, 0.3) is 0 Å². The zero-order valence-electron chi connectivity index (χ0n) is 14.2. The summed E-state index contributed by atoms with van der Waals surface area (Å²) in [6.07, 6.45) is 9.62. The number of phenolic OH excluding ortho intramolecular Hbond substituents is 2. The van der Waals surface area contributed by atoms with Gasteiger partial charge < -0.3 is 10.2 Å². The van der Waals surface area contributed by atoms with E-state index in [9.17, 15) is 0 Å². The molecule has 2 aromatic rings. The Labute approximate surface area is 155 Å². The van der Waals surface area contributed by atoms with Crippen molar-refractivity contribution in [3.05, 3.63) is 60.7 Å². The highest BCUT2D eigenvalue weighted by molar-refractivity contribution is 5.75. The Morgan fingerprint density at radius 2 is 0.720 bits per heavy atom. The number of benzene rings is 2. The van der Waals surface area contributed by atoms with Gasteiger partial charge in [0.1, 0.15) is 11.5 Å². The van der Waals surface area contributed by atoms with Gasteiger partial charge in [0.15, 0.2) is 0 Å². The normalized spacial score (nSPS) is 27.8. The fourth-order valence-corrected chi connectivity index (χ4v) is 4.84. The van der Waals surface area contributed by atoms with Gasteiger partial charge in [0, 0.05) is 0 Å². The van der Waals surface area contributed by atoms with Crippen LogP contribution in [0.5, 0.6) is 11.5 Å². The molecule has 0 radical (unpaired) electrons. The van der Waals surface area contributed by atoms with Gasteiger partial charge in [-0.25, -0.2) is 0 Å². The van der Waals surface area contributed by atoms with Crippen molar-refractivity contribution >= 4 is 11.0 Å². The highest BCUT2D eigenvalue weighted by atomic mass is 28.1. The van der Waals surface area contributed by atoms with E-state index in [4.69, 9.17) is 10.2 Å². The molecule has 4 bridgehead atoms. The Morgan fingerprint density at radius 3 is 0.880 bits per heavy atom. The van der Waals surface area contributed by atoms with Crippen molar-refractivity contribution in [3.63, 3.8) is 0 Å². The summed E-state index contributed by atoms with van der Waals surface area (Å²) in [6, 6.07) is 17.4. The molecule has 0 unspecified atom stereocenters. The lowest BCUT2D eigenvalue weighted by atomic mass is 9.56. The first-order chi connectivity index (χ1) is 11.7. The predicted octanol–water partition coefficient (Wildman–Crippen LogP) is 4.17. The lowest BCUT2D eigenvalue weighted by molar-refractivity contribution is 0.0198. The Balaban J connectivity index is 0.000000137. The van der Waals surface area contributed by atoms with Crippen LogP contribution in [0.15, 0.2) is 60.7 Å². The Bertz CT molecular complexity index is 506. The van der Waals surface area contributed by atoms with Crippen LogP contribution in [-0.4, -0.2) is 21.2 Å². The van der Waals surface area contributed by atoms with E-state index in [0.717, 1.165) is 0 Å². The van der Waals surface area contributed by atoms with Crippen LogP contribution in [0.2, 0.25) is 0 Å². The van der Waals surface area contributed by atoms with Crippen molar-refractivity contribution in [1.82, 2.24) is 0 Å². The van der Waals surface area contributed by atoms with Crippen LogP contribution < -0.4 is 0 Å². The van der Waals surface area contributed by atoms with Crippen molar-refractivity contribution < 1.29 is 10.2 Å². The molecule has 2 N–H and O–H groups in total. The minimum atomic E-state index is 0. The van der Waals surface area contributed by atoms with Gasteiger partial charge in [-0.05, 0) is 97.4 Å². The second kappa shape index (κ2) is 9.67. The summed E-state index contributed by atoms with van der Waals surface area (Å²) in [6.45, 7) is 0. The van der Waals surface area contributed by atoms with Crippen LogP contribution in [0.3, 0.4) is 0 Å². The third-order valence-electron chi connectivity index (χ3n) is 5.51. The molecule has 4 aliphatic carbocycles. The van der Waals surface area contributed by atoms with Gasteiger partial charge in [-0.15, -0.1) is 0 Å². The first-order valence-corrected chi connectivity index (χ1v) is 9.17. The molecule has 25 heavy (non-hydrogen) atoms. The summed E-state index contributed by atoms with van der Waals surface area (Å²) in [4.78, 5) is 0. The molecule has 0 heterocycles. The third kappa shape index (κ3) is 6.24. The van der Waals surface area contributed by atoms with E-state index in [1.807, 2.05) is 12.1 Å². The largest absolute Gasteiger partial charge is 0.508 e. The number of rotatable bonds is 0. The van der Waals surface area contributed by atoms with Crippen LogP contribution in [-0.2, 0) is 0 Å². The van der Waals surface area contributed by atoms with Crippen LogP contribution in [0.4, 0.5) is 0 Å². The molecule has 4 aliphatic rings. The first kappa shape index (κ1) is 19.6. The molecule has 136 valence electrons. The van der Waals surface area contributed by atoms with E-state index in [2.05, 4.69) is 0 Å². The maximum Gasteiger partial charge on any atom is 0.115 e. The van der Waals surface area contributed by atoms with E-state index >= 15 is 0 Å². The second-order valence-corrected chi connectivity index (χ2v) is 7.55. The topological polar surface area (TPSA) is 40.5 Å². The number of hydrogen-bond donors (Lipinski definition) is 2. The smallest absolute Gasteiger partial charge is 0.115 e. The minimum Gasteiger partial charge on any atom is -0.508 e. The van der Waals surface area contributed by atoms with Crippen molar-refractivity contribution in [2.24, 2.45) is 23.7 Å². The van der Waals surface area contributed by atoms with Crippen LogP contribution in [0.25, 0.3) is 0 Å². The molecule has 4 saturated carbocycles. The van der Waals surface area contributed by atoms with Crippen LogP contribution in [0.1, 0.15) is 38.5 Å². The SMILES string of the molecule is C1C2CC3CC1CC(C2)C3.Oc1ccccc1.Oc1ccccc1.[SiH4]. The lowest BCUT2D eigenvalue weighted by Gasteiger charge is -2.49. The highest BCUT2D eigenvalue weighted by Gasteiger charge is 2.41. The number of aromatic hydroxyl groups is 2. The Kier molecular flexibility index (Phi) is 7.57. The zero-order chi connectivity index (χ0) is 16.8. The van der Waals surface area contributed by atoms with Gasteiger partial charge in [-0.2, -0.15) is 0 Å². The fraction of sp³-hybridized carbons (Fsp3) is 0.455. The number of phenols is 2. The summed E-state index contributed by atoms with van der Waals surface area (Å²) in [5.41, 5.74) is 0. The molecule has 0 spiro atoms. The lowest BCUT2D eigenvalue weighted by Crippen LogP contribution is -2.38. The molecule has 4 fully saturated rings. The van der Waals surface area contributed by atoms with Gasteiger partial charge >= 0.3 is 0 Å². The van der Waals surface area contributed by atoms with Crippen LogP contribution in [0, 0.1) is 23.7 Å². The summed E-state index contributed by atoms with van der Waals surface area (Å²) >= 11 is 0. The van der Waals surface area contributed by atoms with Crippen molar-refractivity contribution in [3.8, 4) is 11.5 Å². The third-order valence-corrected chi connectivity index (χ3v) is 5.51. The quantitative estimate of drug-likeness (QED) is 0.696. The van der Waals surface area contributed by atoms with Crippen molar-refractivity contribution in [2.75, 3.05) is 0 Å². The monoisotopic (exact) mass is 356 g/mol. The zero-order valence-corrected chi connectivity index (χ0v) is 14.2. The van der Waals surface area contributed by atoms with Gasteiger partial charge in [-0.3, -0.25) is 0 Å². The second-order valence-electron chi connectivity index (χ2n) is 7.55. The predicted molar refractivity (Wildman–Crippen MR) is 109 cm³/mol. The highest BCUT2D eigenvalue weighted by Crippen LogP contribution is 2.53.